The first-order valence-corrected chi connectivity index (χ1v) is 4.57. The van der Waals surface area contributed by atoms with Gasteiger partial charge in [-0.3, -0.25) is 0 Å². The smallest absolute Gasteiger partial charge is 0.151 e. The summed E-state index contributed by atoms with van der Waals surface area (Å²) in [5.74, 6) is 1.12. The molecule has 0 amide bonds. The van der Waals surface area contributed by atoms with Crippen molar-refractivity contribution < 1.29 is 0 Å². The summed E-state index contributed by atoms with van der Waals surface area (Å²) in [5, 5.41) is 16.6. The maximum Gasteiger partial charge on any atom is 0.151 e. The Bertz CT molecular complexity index is 323. The number of nitrogens with zero attached hydrogens (tertiary/aromatic N) is 4. The Morgan fingerprint density at radius 3 is 2.57 bits per heavy atom. The minimum absolute atomic E-state index is 0.329. The molecule has 0 saturated carbocycles. The van der Waals surface area contributed by atoms with Crippen LogP contribution in [0.25, 0.3) is 0 Å². The van der Waals surface area contributed by atoms with Gasteiger partial charge in [0.1, 0.15) is 6.54 Å². The lowest BCUT2D eigenvalue weighted by molar-refractivity contribution is 0.778. The summed E-state index contributed by atoms with van der Waals surface area (Å²) in [6, 6.07) is 5.90. The molecule has 1 aromatic heterocycles. The standard InChI is InChI=1S/C10H14N4/c1-8(2)9-4-5-10(13-12-9)14(3)7-6-11/h4-5,8H,7H2,1-3H3. The molecule has 74 valence electrons. The van der Waals surface area contributed by atoms with E-state index in [1.165, 1.54) is 0 Å². The van der Waals surface area contributed by atoms with Crippen molar-refractivity contribution >= 4 is 5.82 Å². The molecule has 1 heterocycles. The summed E-state index contributed by atoms with van der Waals surface area (Å²) >= 11 is 0. The zero-order valence-electron chi connectivity index (χ0n) is 8.73. The topological polar surface area (TPSA) is 52.8 Å². The Morgan fingerprint density at radius 2 is 2.14 bits per heavy atom. The van der Waals surface area contributed by atoms with Crippen LogP contribution >= 0.6 is 0 Å². The van der Waals surface area contributed by atoms with Gasteiger partial charge in [0.2, 0.25) is 0 Å². The number of nitriles is 1. The van der Waals surface area contributed by atoms with Crippen molar-refractivity contribution in [2.75, 3.05) is 18.5 Å². The normalized spacial score (nSPS) is 9.93. The fourth-order valence-corrected chi connectivity index (χ4v) is 1.03. The van der Waals surface area contributed by atoms with Crippen LogP contribution in [0.2, 0.25) is 0 Å². The van der Waals surface area contributed by atoms with Crippen LogP contribution in [0.5, 0.6) is 0 Å². The van der Waals surface area contributed by atoms with E-state index in [0.29, 0.717) is 12.5 Å². The van der Waals surface area contributed by atoms with Crippen molar-refractivity contribution in [2.45, 2.75) is 19.8 Å². The second-order valence-electron chi connectivity index (χ2n) is 3.49. The third kappa shape index (κ3) is 2.43. The molecule has 0 atom stereocenters. The monoisotopic (exact) mass is 190 g/mol. The van der Waals surface area contributed by atoms with Crippen molar-refractivity contribution in [1.29, 1.82) is 5.26 Å². The van der Waals surface area contributed by atoms with Crippen LogP contribution in [-0.4, -0.2) is 23.8 Å². The molecule has 14 heavy (non-hydrogen) atoms. The fourth-order valence-electron chi connectivity index (χ4n) is 1.03. The van der Waals surface area contributed by atoms with Crippen LogP contribution in [0.15, 0.2) is 12.1 Å². The number of hydrogen-bond acceptors (Lipinski definition) is 4. The second-order valence-corrected chi connectivity index (χ2v) is 3.49. The summed E-state index contributed by atoms with van der Waals surface area (Å²) in [5.41, 5.74) is 0.971. The SMILES string of the molecule is CC(C)c1ccc(N(C)CC#N)nn1. The average Bonchev–Trinajstić information content (AvgIpc) is 2.18. The van der Waals surface area contributed by atoms with E-state index in [2.05, 4.69) is 30.1 Å². The van der Waals surface area contributed by atoms with Crippen LogP contribution in [0.1, 0.15) is 25.5 Å². The van der Waals surface area contributed by atoms with E-state index in [0.717, 1.165) is 11.5 Å². The quantitative estimate of drug-likeness (QED) is 0.679. The predicted molar refractivity (Wildman–Crippen MR) is 55.0 cm³/mol. The first kappa shape index (κ1) is 10.5. The lowest BCUT2D eigenvalue weighted by Crippen LogP contribution is -2.18. The van der Waals surface area contributed by atoms with E-state index in [1.54, 1.807) is 4.90 Å². The molecule has 0 aliphatic carbocycles. The zero-order valence-corrected chi connectivity index (χ0v) is 8.73. The molecule has 0 aliphatic heterocycles. The number of rotatable bonds is 3. The van der Waals surface area contributed by atoms with E-state index in [4.69, 9.17) is 5.26 Å². The third-order valence-corrected chi connectivity index (χ3v) is 1.96. The Kier molecular flexibility index (Phi) is 3.41. The van der Waals surface area contributed by atoms with Crippen molar-refractivity contribution in [3.8, 4) is 6.07 Å². The van der Waals surface area contributed by atoms with E-state index in [1.807, 2.05) is 19.2 Å². The summed E-state index contributed by atoms with van der Waals surface area (Å²) < 4.78 is 0. The Labute approximate surface area is 84.2 Å². The molecule has 0 radical (unpaired) electrons. The fraction of sp³-hybridized carbons (Fsp3) is 0.500. The van der Waals surface area contributed by atoms with E-state index >= 15 is 0 Å². The summed E-state index contributed by atoms with van der Waals surface area (Å²) in [7, 11) is 1.82. The molecule has 0 N–H and O–H groups in total. The Morgan fingerprint density at radius 1 is 1.43 bits per heavy atom. The highest BCUT2D eigenvalue weighted by Crippen LogP contribution is 2.13. The van der Waals surface area contributed by atoms with Gasteiger partial charge in [0.25, 0.3) is 0 Å². The predicted octanol–water partition coefficient (Wildman–Crippen LogP) is 1.56. The van der Waals surface area contributed by atoms with Gasteiger partial charge in [0.15, 0.2) is 5.82 Å². The maximum atomic E-state index is 8.50. The molecule has 0 saturated heterocycles. The minimum atomic E-state index is 0.329. The van der Waals surface area contributed by atoms with Crippen LogP contribution in [0.3, 0.4) is 0 Å². The van der Waals surface area contributed by atoms with Gasteiger partial charge in [-0.05, 0) is 18.1 Å². The van der Waals surface area contributed by atoms with Crippen LogP contribution < -0.4 is 4.90 Å². The van der Waals surface area contributed by atoms with Crippen molar-refractivity contribution in [3.63, 3.8) is 0 Å². The van der Waals surface area contributed by atoms with Gasteiger partial charge < -0.3 is 4.90 Å². The average molecular weight is 190 g/mol. The van der Waals surface area contributed by atoms with Crippen LogP contribution in [0, 0.1) is 11.3 Å². The van der Waals surface area contributed by atoms with Gasteiger partial charge in [-0.15, -0.1) is 5.10 Å². The van der Waals surface area contributed by atoms with E-state index in [-0.39, 0.29) is 0 Å². The van der Waals surface area contributed by atoms with Gasteiger partial charge in [-0.1, -0.05) is 13.8 Å². The van der Waals surface area contributed by atoms with Gasteiger partial charge in [-0.2, -0.15) is 10.4 Å². The summed E-state index contributed by atoms with van der Waals surface area (Å²) in [6.07, 6.45) is 0. The minimum Gasteiger partial charge on any atom is -0.345 e. The molecule has 0 spiro atoms. The summed E-state index contributed by atoms with van der Waals surface area (Å²) in [4.78, 5) is 1.76. The van der Waals surface area contributed by atoms with Crippen LogP contribution in [-0.2, 0) is 0 Å². The molecule has 0 bridgehead atoms. The van der Waals surface area contributed by atoms with Gasteiger partial charge >= 0.3 is 0 Å². The molecule has 1 rings (SSSR count). The first-order chi connectivity index (χ1) is 6.65. The highest BCUT2D eigenvalue weighted by atomic mass is 15.2. The highest BCUT2D eigenvalue weighted by Gasteiger charge is 2.04. The van der Waals surface area contributed by atoms with E-state index < -0.39 is 0 Å². The summed E-state index contributed by atoms with van der Waals surface area (Å²) in [6.45, 7) is 4.47. The maximum absolute atomic E-state index is 8.50. The van der Waals surface area contributed by atoms with Gasteiger partial charge in [0.05, 0.1) is 11.8 Å². The lowest BCUT2D eigenvalue weighted by atomic mass is 10.1. The second kappa shape index (κ2) is 4.56. The third-order valence-electron chi connectivity index (χ3n) is 1.96. The van der Waals surface area contributed by atoms with E-state index in [9.17, 15) is 0 Å². The number of aromatic nitrogens is 2. The molecule has 4 nitrogen and oxygen atoms in total. The molecular formula is C10H14N4. The molecule has 0 aromatic carbocycles. The Balaban J connectivity index is 2.78. The van der Waals surface area contributed by atoms with Gasteiger partial charge in [-0.25, -0.2) is 0 Å². The molecule has 4 heteroatoms. The lowest BCUT2D eigenvalue weighted by Gasteiger charge is -2.13. The number of anilines is 1. The largest absolute Gasteiger partial charge is 0.345 e. The van der Waals surface area contributed by atoms with Crippen LogP contribution in [0.4, 0.5) is 5.82 Å². The molecule has 0 aliphatic rings. The van der Waals surface area contributed by atoms with Gasteiger partial charge in [0, 0.05) is 7.05 Å². The Hall–Kier alpha value is -1.63. The molecule has 0 unspecified atom stereocenters. The van der Waals surface area contributed by atoms with Crippen molar-refractivity contribution in [3.05, 3.63) is 17.8 Å². The van der Waals surface area contributed by atoms with Crippen molar-refractivity contribution in [2.24, 2.45) is 0 Å². The first-order valence-electron chi connectivity index (χ1n) is 4.57. The highest BCUT2D eigenvalue weighted by molar-refractivity contribution is 5.37. The molecule has 1 aromatic rings. The molecule has 0 fully saturated rings. The number of hydrogen-bond donors (Lipinski definition) is 0. The molecular weight excluding hydrogens is 176 g/mol. The van der Waals surface area contributed by atoms with Crippen molar-refractivity contribution in [1.82, 2.24) is 10.2 Å². The zero-order chi connectivity index (χ0) is 10.6.